The highest BCUT2D eigenvalue weighted by Gasteiger charge is 2.11. The Morgan fingerprint density at radius 3 is 2.60 bits per heavy atom. The SMILES string of the molecule is Cc1ccc(-n2ccc(C(F)F)n2)nc1. The van der Waals surface area contributed by atoms with Crippen LogP contribution in [0.2, 0.25) is 0 Å². The van der Waals surface area contributed by atoms with Crippen molar-refractivity contribution in [2.24, 2.45) is 0 Å². The van der Waals surface area contributed by atoms with Crippen LogP contribution in [0, 0.1) is 6.92 Å². The number of nitrogens with zero attached hydrogens (tertiary/aromatic N) is 3. The molecule has 0 N–H and O–H groups in total. The Bertz CT molecular complexity index is 448. The first-order chi connectivity index (χ1) is 7.16. The zero-order valence-electron chi connectivity index (χ0n) is 8.06. The molecule has 2 aromatic rings. The fourth-order valence-electron chi connectivity index (χ4n) is 1.18. The molecule has 0 bridgehead atoms. The van der Waals surface area contributed by atoms with Gasteiger partial charge >= 0.3 is 0 Å². The maximum Gasteiger partial charge on any atom is 0.282 e. The van der Waals surface area contributed by atoms with Crippen LogP contribution in [0.15, 0.2) is 30.6 Å². The number of alkyl halides is 2. The number of hydrogen-bond acceptors (Lipinski definition) is 2. The molecule has 0 amide bonds. The summed E-state index contributed by atoms with van der Waals surface area (Å²) in [6.45, 7) is 1.91. The lowest BCUT2D eigenvalue weighted by atomic mass is 10.3. The molecule has 15 heavy (non-hydrogen) atoms. The molecular weight excluding hydrogens is 200 g/mol. The molecule has 0 atom stereocenters. The van der Waals surface area contributed by atoms with E-state index in [4.69, 9.17) is 0 Å². The Hall–Kier alpha value is -1.78. The Kier molecular flexibility index (Phi) is 2.45. The van der Waals surface area contributed by atoms with Crippen molar-refractivity contribution in [3.8, 4) is 5.82 Å². The van der Waals surface area contributed by atoms with E-state index >= 15 is 0 Å². The minimum absolute atomic E-state index is 0.239. The third-order valence-electron chi connectivity index (χ3n) is 1.96. The third kappa shape index (κ3) is 2.01. The highest BCUT2D eigenvalue weighted by Crippen LogP contribution is 2.16. The molecule has 2 heterocycles. The average Bonchev–Trinajstić information content (AvgIpc) is 2.68. The highest BCUT2D eigenvalue weighted by molar-refractivity contribution is 5.24. The van der Waals surface area contributed by atoms with Crippen molar-refractivity contribution in [1.82, 2.24) is 14.8 Å². The minimum Gasteiger partial charge on any atom is -0.237 e. The van der Waals surface area contributed by atoms with Gasteiger partial charge in [0.1, 0.15) is 5.69 Å². The Balaban J connectivity index is 2.33. The van der Waals surface area contributed by atoms with Gasteiger partial charge in [-0.25, -0.2) is 18.4 Å². The summed E-state index contributed by atoms with van der Waals surface area (Å²) in [7, 11) is 0. The molecule has 0 aliphatic carbocycles. The second-order valence-electron chi connectivity index (χ2n) is 3.18. The smallest absolute Gasteiger partial charge is 0.237 e. The van der Waals surface area contributed by atoms with Crippen molar-refractivity contribution in [2.75, 3.05) is 0 Å². The van der Waals surface area contributed by atoms with Crippen LogP contribution < -0.4 is 0 Å². The van der Waals surface area contributed by atoms with E-state index in [0.717, 1.165) is 5.56 Å². The fourth-order valence-corrected chi connectivity index (χ4v) is 1.18. The maximum atomic E-state index is 12.3. The van der Waals surface area contributed by atoms with Crippen LogP contribution in [0.3, 0.4) is 0 Å². The van der Waals surface area contributed by atoms with Crippen molar-refractivity contribution in [2.45, 2.75) is 13.3 Å². The van der Waals surface area contributed by atoms with Gasteiger partial charge in [0.25, 0.3) is 6.43 Å². The summed E-state index contributed by atoms with van der Waals surface area (Å²) in [4.78, 5) is 4.08. The molecular formula is C10H9F2N3. The summed E-state index contributed by atoms with van der Waals surface area (Å²) >= 11 is 0. The van der Waals surface area contributed by atoms with Gasteiger partial charge in [-0.1, -0.05) is 6.07 Å². The van der Waals surface area contributed by atoms with E-state index < -0.39 is 6.43 Å². The second-order valence-corrected chi connectivity index (χ2v) is 3.18. The van der Waals surface area contributed by atoms with Crippen LogP contribution in [-0.4, -0.2) is 14.8 Å². The van der Waals surface area contributed by atoms with E-state index in [9.17, 15) is 8.78 Å². The molecule has 0 aliphatic heterocycles. The zero-order chi connectivity index (χ0) is 10.8. The molecule has 0 spiro atoms. The van der Waals surface area contributed by atoms with E-state index in [1.54, 1.807) is 12.3 Å². The Labute approximate surface area is 85.4 Å². The molecule has 78 valence electrons. The molecule has 0 unspecified atom stereocenters. The molecule has 0 fully saturated rings. The topological polar surface area (TPSA) is 30.7 Å². The van der Waals surface area contributed by atoms with Gasteiger partial charge in [0, 0.05) is 12.4 Å². The lowest BCUT2D eigenvalue weighted by Crippen LogP contribution is -1.99. The highest BCUT2D eigenvalue weighted by atomic mass is 19.3. The number of aryl methyl sites for hydroxylation is 1. The van der Waals surface area contributed by atoms with Gasteiger partial charge in [-0.15, -0.1) is 0 Å². The molecule has 5 heteroatoms. The predicted octanol–water partition coefficient (Wildman–Crippen LogP) is 2.51. The third-order valence-corrected chi connectivity index (χ3v) is 1.96. The zero-order valence-corrected chi connectivity index (χ0v) is 8.06. The van der Waals surface area contributed by atoms with Crippen LogP contribution in [0.25, 0.3) is 5.82 Å². The molecule has 0 radical (unpaired) electrons. The van der Waals surface area contributed by atoms with E-state index in [1.165, 1.54) is 16.9 Å². The Morgan fingerprint density at radius 1 is 1.27 bits per heavy atom. The maximum absolute atomic E-state index is 12.3. The van der Waals surface area contributed by atoms with Crippen molar-refractivity contribution < 1.29 is 8.78 Å². The lowest BCUT2D eigenvalue weighted by molar-refractivity contribution is 0.145. The number of rotatable bonds is 2. The van der Waals surface area contributed by atoms with E-state index in [-0.39, 0.29) is 5.69 Å². The molecule has 2 rings (SSSR count). The summed E-state index contributed by atoms with van der Waals surface area (Å²) in [5.41, 5.74) is 0.775. The quantitative estimate of drug-likeness (QED) is 0.760. The average molecular weight is 209 g/mol. The van der Waals surface area contributed by atoms with Crippen molar-refractivity contribution in [3.05, 3.63) is 41.9 Å². The molecule has 2 aromatic heterocycles. The summed E-state index contributed by atoms with van der Waals surface area (Å²) in [6, 6.07) is 4.87. The molecule has 0 saturated heterocycles. The molecule has 3 nitrogen and oxygen atoms in total. The monoisotopic (exact) mass is 209 g/mol. The summed E-state index contributed by atoms with van der Waals surface area (Å²) in [5.74, 6) is 0.535. The lowest BCUT2D eigenvalue weighted by Gasteiger charge is -1.99. The molecule has 0 aromatic carbocycles. The normalized spacial score (nSPS) is 10.9. The van der Waals surface area contributed by atoms with Gasteiger partial charge in [-0.3, -0.25) is 0 Å². The first-order valence-corrected chi connectivity index (χ1v) is 4.43. The first kappa shape index (κ1) is 9.76. The first-order valence-electron chi connectivity index (χ1n) is 4.43. The summed E-state index contributed by atoms with van der Waals surface area (Å²) in [5, 5.41) is 3.71. The van der Waals surface area contributed by atoms with Crippen LogP contribution >= 0.6 is 0 Å². The number of halogens is 2. The number of pyridine rings is 1. The number of aromatic nitrogens is 3. The minimum atomic E-state index is -2.54. The second kappa shape index (κ2) is 3.76. The van der Waals surface area contributed by atoms with Crippen LogP contribution in [0.1, 0.15) is 17.7 Å². The van der Waals surface area contributed by atoms with Gasteiger partial charge in [0.2, 0.25) is 0 Å². The standard InChI is InChI=1S/C10H9F2N3/c1-7-2-3-9(13-6-7)15-5-4-8(14-15)10(11)12/h2-6,10H,1H3. The van der Waals surface area contributed by atoms with Gasteiger partial charge in [0.05, 0.1) is 0 Å². The summed E-state index contributed by atoms with van der Waals surface area (Å²) < 4.78 is 25.9. The van der Waals surface area contributed by atoms with Gasteiger partial charge in [-0.05, 0) is 24.6 Å². The van der Waals surface area contributed by atoms with Crippen molar-refractivity contribution in [1.29, 1.82) is 0 Å². The van der Waals surface area contributed by atoms with Gasteiger partial charge < -0.3 is 0 Å². The van der Waals surface area contributed by atoms with E-state index in [2.05, 4.69) is 10.1 Å². The largest absolute Gasteiger partial charge is 0.282 e. The molecule has 0 aliphatic rings. The van der Waals surface area contributed by atoms with Gasteiger partial charge in [-0.2, -0.15) is 5.10 Å². The predicted molar refractivity (Wildman–Crippen MR) is 51.1 cm³/mol. The molecule has 0 saturated carbocycles. The van der Waals surface area contributed by atoms with Crippen LogP contribution in [0.5, 0.6) is 0 Å². The summed E-state index contributed by atoms with van der Waals surface area (Å²) in [6.07, 6.45) is 0.592. The van der Waals surface area contributed by atoms with Crippen LogP contribution in [0.4, 0.5) is 8.78 Å². The van der Waals surface area contributed by atoms with E-state index in [1.807, 2.05) is 13.0 Å². The number of hydrogen-bond donors (Lipinski definition) is 0. The van der Waals surface area contributed by atoms with Gasteiger partial charge in [0.15, 0.2) is 5.82 Å². The fraction of sp³-hybridized carbons (Fsp3) is 0.200. The van der Waals surface area contributed by atoms with Crippen LogP contribution in [-0.2, 0) is 0 Å². The Morgan fingerprint density at radius 2 is 2.07 bits per heavy atom. The van der Waals surface area contributed by atoms with Crippen molar-refractivity contribution >= 4 is 0 Å². The van der Waals surface area contributed by atoms with Crippen molar-refractivity contribution in [3.63, 3.8) is 0 Å². The van der Waals surface area contributed by atoms with E-state index in [0.29, 0.717) is 5.82 Å².